The van der Waals surface area contributed by atoms with E-state index in [9.17, 15) is 0 Å². The lowest BCUT2D eigenvalue weighted by molar-refractivity contribution is 0.00951. The van der Waals surface area contributed by atoms with Crippen molar-refractivity contribution in [3.05, 3.63) is 0 Å². The quantitative estimate of drug-likeness (QED) is 0.584. The second kappa shape index (κ2) is 11.9. The molecule has 3 nitrogen and oxygen atoms in total. The van der Waals surface area contributed by atoms with Crippen LogP contribution in [0.3, 0.4) is 0 Å². The lowest BCUT2D eigenvalue weighted by atomic mass is 9.91. The fourth-order valence-corrected chi connectivity index (χ4v) is 2.36. The lowest BCUT2D eigenvalue weighted by Gasteiger charge is -2.32. The van der Waals surface area contributed by atoms with Gasteiger partial charge in [-0.25, -0.2) is 0 Å². The highest BCUT2D eigenvalue weighted by Crippen LogP contribution is 2.18. The molecule has 0 spiro atoms. The molecule has 3 unspecified atom stereocenters. The molecule has 0 saturated heterocycles. The van der Waals surface area contributed by atoms with Crippen LogP contribution in [0.2, 0.25) is 0 Å². The SMILES string of the molecule is CCCNC(C(C)CCOC)C(CCC)OCC. The summed E-state index contributed by atoms with van der Waals surface area (Å²) in [6.07, 6.45) is 4.89. The first-order valence-corrected chi connectivity index (χ1v) is 7.55. The van der Waals surface area contributed by atoms with Crippen molar-refractivity contribution in [2.45, 2.75) is 65.5 Å². The maximum absolute atomic E-state index is 5.94. The summed E-state index contributed by atoms with van der Waals surface area (Å²) in [6, 6.07) is 0.444. The molecule has 0 amide bonds. The highest BCUT2D eigenvalue weighted by atomic mass is 16.5. The Morgan fingerprint density at radius 1 is 1.06 bits per heavy atom. The molecule has 0 fully saturated rings. The smallest absolute Gasteiger partial charge is 0.0730 e. The maximum atomic E-state index is 5.94. The monoisotopic (exact) mass is 259 g/mol. The first-order valence-electron chi connectivity index (χ1n) is 7.55. The van der Waals surface area contributed by atoms with Crippen molar-refractivity contribution < 1.29 is 9.47 Å². The van der Waals surface area contributed by atoms with E-state index in [1.807, 2.05) is 0 Å². The van der Waals surface area contributed by atoms with Gasteiger partial charge in [0.15, 0.2) is 0 Å². The molecule has 0 heterocycles. The Morgan fingerprint density at radius 3 is 2.28 bits per heavy atom. The predicted molar refractivity (Wildman–Crippen MR) is 78.1 cm³/mol. The second-order valence-corrected chi connectivity index (χ2v) is 5.02. The molecule has 0 aliphatic heterocycles. The van der Waals surface area contributed by atoms with Gasteiger partial charge in [0.25, 0.3) is 0 Å². The van der Waals surface area contributed by atoms with E-state index >= 15 is 0 Å². The van der Waals surface area contributed by atoms with Crippen LogP contribution >= 0.6 is 0 Å². The topological polar surface area (TPSA) is 30.5 Å². The van der Waals surface area contributed by atoms with Crippen molar-refractivity contribution >= 4 is 0 Å². The summed E-state index contributed by atoms with van der Waals surface area (Å²) in [5.41, 5.74) is 0. The molecule has 0 aromatic heterocycles. The third kappa shape index (κ3) is 7.34. The molecular formula is C15H33NO2. The normalized spacial score (nSPS) is 16.5. The van der Waals surface area contributed by atoms with Crippen LogP contribution in [-0.2, 0) is 9.47 Å². The Hall–Kier alpha value is -0.120. The van der Waals surface area contributed by atoms with Crippen molar-refractivity contribution in [3.8, 4) is 0 Å². The molecule has 1 N–H and O–H groups in total. The van der Waals surface area contributed by atoms with Crippen LogP contribution in [-0.4, -0.2) is 39.0 Å². The van der Waals surface area contributed by atoms with Gasteiger partial charge in [-0.3, -0.25) is 0 Å². The van der Waals surface area contributed by atoms with Gasteiger partial charge >= 0.3 is 0 Å². The Balaban J connectivity index is 4.47. The van der Waals surface area contributed by atoms with Crippen molar-refractivity contribution in [2.75, 3.05) is 26.9 Å². The van der Waals surface area contributed by atoms with Gasteiger partial charge in [0, 0.05) is 26.4 Å². The molecule has 0 aliphatic carbocycles. The van der Waals surface area contributed by atoms with E-state index in [-0.39, 0.29) is 0 Å². The zero-order valence-corrected chi connectivity index (χ0v) is 13.0. The zero-order valence-electron chi connectivity index (χ0n) is 13.0. The highest BCUT2D eigenvalue weighted by Gasteiger charge is 2.25. The van der Waals surface area contributed by atoms with Gasteiger partial charge in [0.1, 0.15) is 0 Å². The number of hydrogen-bond donors (Lipinski definition) is 1. The summed E-state index contributed by atoms with van der Waals surface area (Å²) in [5, 5.41) is 3.67. The predicted octanol–water partition coefficient (Wildman–Crippen LogP) is 3.23. The van der Waals surface area contributed by atoms with E-state index in [1.54, 1.807) is 7.11 Å². The molecule has 3 heteroatoms. The standard InChI is InChI=1S/C15H33NO2/c1-6-9-14(18-8-3)15(16-11-7-2)13(4)10-12-17-5/h13-16H,6-12H2,1-5H3. The minimum Gasteiger partial charge on any atom is -0.385 e. The largest absolute Gasteiger partial charge is 0.385 e. The minimum atomic E-state index is 0.332. The summed E-state index contributed by atoms with van der Waals surface area (Å²) in [7, 11) is 1.77. The van der Waals surface area contributed by atoms with Gasteiger partial charge in [-0.1, -0.05) is 27.2 Å². The van der Waals surface area contributed by atoms with Crippen molar-refractivity contribution in [3.63, 3.8) is 0 Å². The molecule has 0 aromatic carbocycles. The van der Waals surface area contributed by atoms with Gasteiger partial charge in [0.2, 0.25) is 0 Å². The van der Waals surface area contributed by atoms with Gasteiger partial charge in [-0.2, -0.15) is 0 Å². The molecule has 0 radical (unpaired) electrons. The van der Waals surface area contributed by atoms with Crippen LogP contribution in [0.1, 0.15) is 53.4 Å². The lowest BCUT2D eigenvalue weighted by Crippen LogP contribution is -2.46. The summed E-state index contributed by atoms with van der Waals surface area (Å²) in [4.78, 5) is 0. The molecule has 0 bridgehead atoms. The Bertz CT molecular complexity index is 170. The van der Waals surface area contributed by atoms with Crippen LogP contribution in [0, 0.1) is 5.92 Å². The first-order chi connectivity index (χ1) is 8.71. The number of nitrogens with one attached hydrogen (secondary N) is 1. The van der Waals surface area contributed by atoms with Crippen LogP contribution in [0.4, 0.5) is 0 Å². The van der Waals surface area contributed by atoms with E-state index in [1.165, 1.54) is 12.8 Å². The van der Waals surface area contributed by atoms with E-state index in [4.69, 9.17) is 9.47 Å². The van der Waals surface area contributed by atoms with E-state index in [0.717, 1.165) is 32.6 Å². The second-order valence-electron chi connectivity index (χ2n) is 5.02. The molecule has 0 saturated carbocycles. The number of ether oxygens (including phenoxy) is 2. The molecular weight excluding hydrogens is 226 g/mol. The Morgan fingerprint density at radius 2 is 1.78 bits per heavy atom. The molecule has 0 aromatic rings. The van der Waals surface area contributed by atoms with Gasteiger partial charge in [-0.15, -0.1) is 0 Å². The molecule has 0 rings (SSSR count). The third-order valence-electron chi connectivity index (χ3n) is 3.37. The van der Waals surface area contributed by atoms with Crippen molar-refractivity contribution in [2.24, 2.45) is 5.92 Å². The van der Waals surface area contributed by atoms with Crippen LogP contribution in [0.15, 0.2) is 0 Å². The summed E-state index contributed by atoms with van der Waals surface area (Å²) in [5.74, 6) is 0.583. The van der Waals surface area contributed by atoms with E-state index in [2.05, 4.69) is 33.0 Å². The van der Waals surface area contributed by atoms with Crippen molar-refractivity contribution in [1.82, 2.24) is 5.32 Å². The molecule has 110 valence electrons. The minimum absolute atomic E-state index is 0.332. The zero-order chi connectivity index (χ0) is 13.8. The fraction of sp³-hybridized carbons (Fsp3) is 1.00. The number of rotatable bonds is 12. The van der Waals surface area contributed by atoms with Gasteiger partial charge in [-0.05, 0) is 38.6 Å². The van der Waals surface area contributed by atoms with Crippen LogP contribution < -0.4 is 5.32 Å². The summed E-state index contributed by atoms with van der Waals surface area (Å²) in [6.45, 7) is 11.5. The van der Waals surface area contributed by atoms with Gasteiger partial charge < -0.3 is 14.8 Å². The fourth-order valence-electron chi connectivity index (χ4n) is 2.36. The van der Waals surface area contributed by atoms with Crippen molar-refractivity contribution in [1.29, 1.82) is 0 Å². The van der Waals surface area contributed by atoms with E-state index in [0.29, 0.717) is 18.1 Å². The molecule has 18 heavy (non-hydrogen) atoms. The Labute approximate surface area is 114 Å². The first kappa shape index (κ1) is 17.9. The Kier molecular flexibility index (Phi) is 11.9. The average molecular weight is 259 g/mol. The summed E-state index contributed by atoms with van der Waals surface area (Å²) >= 11 is 0. The van der Waals surface area contributed by atoms with E-state index < -0.39 is 0 Å². The van der Waals surface area contributed by atoms with Crippen LogP contribution in [0.25, 0.3) is 0 Å². The number of methoxy groups -OCH3 is 1. The molecule has 0 aliphatic rings. The average Bonchev–Trinajstić information content (AvgIpc) is 2.37. The highest BCUT2D eigenvalue weighted by molar-refractivity contribution is 4.82. The number of hydrogen-bond acceptors (Lipinski definition) is 3. The van der Waals surface area contributed by atoms with Crippen LogP contribution in [0.5, 0.6) is 0 Å². The third-order valence-corrected chi connectivity index (χ3v) is 3.37. The molecule has 3 atom stereocenters. The maximum Gasteiger partial charge on any atom is 0.0730 e. The summed E-state index contributed by atoms with van der Waals surface area (Å²) < 4.78 is 11.1. The van der Waals surface area contributed by atoms with Gasteiger partial charge in [0.05, 0.1) is 6.10 Å².